The fourth-order valence-electron chi connectivity index (χ4n) is 2.85. The Hall–Kier alpha value is -3.84. The van der Waals surface area contributed by atoms with Gasteiger partial charge in [-0.2, -0.15) is 0 Å². The number of methoxy groups -OCH3 is 1. The Kier molecular flexibility index (Phi) is 5.88. The van der Waals surface area contributed by atoms with E-state index < -0.39 is 11.7 Å². The van der Waals surface area contributed by atoms with Gasteiger partial charge in [-0.15, -0.1) is 6.42 Å². The maximum atomic E-state index is 13.1. The molecule has 28 heavy (non-hydrogen) atoms. The predicted molar refractivity (Wildman–Crippen MR) is 109 cm³/mol. The fourth-order valence-corrected chi connectivity index (χ4v) is 2.85. The molecule has 0 aromatic heterocycles. The average Bonchev–Trinajstić information content (AvgIpc) is 2.77. The molecule has 4 heteroatoms. The zero-order valence-electron chi connectivity index (χ0n) is 15.5. The first-order valence-electron chi connectivity index (χ1n) is 8.74. The fraction of sp³-hybridized carbons (Fsp3) is 0.0833. The van der Waals surface area contributed by atoms with Crippen LogP contribution in [-0.4, -0.2) is 18.8 Å². The van der Waals surface area contributed by atoms with Crippen LogP contribution in [0.5, 0.6) is 5.75 Å². The number of hydrogen-bond acceptors (Lipinski definition) is 3. The third kappa shape index (κ3) is 4.11. The van der Waals surface area contributed by atoms with Gasteiger partial charge >= 0.3 is 0 Å². The molecule has 0 N–H and O–H groups in total. The summed E-state index contributed by atoms with van der Waals surface area (Å²) in [5.74, 6) is 1.95. The number of ether oxygens (including phenoxy) is 1. The predicted octanol–water partition coefficient (Wildman–Crippen LogP) is 4.09. The van der Waals surface area contributed by atoms with Crippen LogP contribution >= 0.6 is 0 Å². The second-order valence-corrected chi connectivity index (χ2v) is 6.10. The lowest BCUT2D eigenvalue weighted by atomic mass is 10.1. The molecule has 1 amide bonds. The van der Waals surface area contributed by atoms with Gasteiger partial charge in [0.15, 0.2) is 0 Å². The summed E-state index contributed by atoms with van der Waals surface area (Å²) in [6.45, 7) is 0.236. The van der Waals surface area contributed by atoms with E-state index in [1.165, 1.54) is 4.90 Å². The third-order valence-electron chi connectivity index (χ3n) is 4.33. The van der Waals surface area contributed by atoms with Crippen molar-refractivity contribution in [3.8, 4) is 18.1 Å². The first kappa shape index (κ1) is 18.9. The van der Waals surface area contributed by atoms with Gasteiger partial charge in [0.05, 0.1) is 19.3 Å². The molecule has 0 saturated carbocycles. The standard InChI is InChI=1S/C24H19NO3/c1-3-19-11-7-8-12-22(19)25(17-18-9-5-4-6-10-18)24(27)23(26)20-13-15-21(28-2)16-14-20/h1,4-16H,17H2,2H3. The molecular formula is C24H19NO3. The van der Waals surface area contributed by atoms with Crippen LogP contribution in [0, 0.1) is 12.3 Å². The van der Waals surface area contributed by atoms with Crippen LogP contribution in [-0.2, 0) is 11.3 Å². The number of Topliss-reactive ketones (excluding diaryl/α,β-unsaturated/α-hetero) is 1. The van der Waals surface area contributed by atoms with E-state index >= 15 is 0 Å². The van der Waals surface area contributed by atoms with Crippen molar-refractivity contribution in [2.24, 2.45) is 0 Å². The molecule has 0 atom stereocenters. The molecule has 0 fully saturated rings. The number of para-hydroxylation sites is 1. The van der Waals surface area contributed by atoms with E-state index in [2.05, 4.69) is 5.92 Å². The number of rotatable bonds is 6. The summed E-state index contributed by atoms with van der Waals surface area (Å²) in [5, 5.41) is 0. The second kappa shape index (κ2) is 8.70. The minimum atomic E-state index is -0.642. The Balaban J connectivity index is 1.98. The summed E-state index contributed by atoms with van der Waals surface area (Å²) in [6, 6.07) is 23.0. The number of hydrogen-bond donors (Lipinski definition) is 0. The number of amides is 1. The normalized spacial score (nSPS) is 10.0. The highest BCUT2D eigenvalue weighted by molar-refractivity contribution is 6.47. The van der Waals surface area contributed by atoms with E-state index in [-0.39, 0.29) is 6.54 Å². The van der Waals surface area contributed by atoms with Gasteiger partial charge in [0.2, 0.25) is 0 Å². The molecule has 0 radical (unpaired) electrons. The summed E-state index contributed by atoms with van der Waals surface area (Å²) >= 11 is 0. The van der Waals surface area contributed by atoms with E-state index in [9.17, 15) is 9.59 Å². The number of benzene rings is 3. The molecule has 138 valence electrons. The number of nitrogens with zero attached hydrogens (tertiary/aromatic N) is 1. The maximum absolute atomic E-state index is 13.1. The average molecular weight is 369 g/mol. The Morgan fingerprint density at radius 2 is 1.57 bits per heavy atom. The quantitative estimate of drug-likeness (QED) is 0.373. The molecule has 3 rings (SSSR count). The number of terminal acetylenes is 1. The van der Waals surface area contributed by atoms with Gasteiger partial charge in [0, 0.05) is 11.1 Å². The summed E-state index contributed by atoms with van der Waals surface area (Å²) in [6.07, 6.45) is 5.61. The van der Waals surface area contributed by atoms with E-state index in [0.29, 0.717) is 22.6 Å². The highest BCUT2D eigenvalue weighted by Gasteiger charge is 2.26. The zero-order chi connectivity index (χ0) is 19.9. The van der Waals surface area contributed by atoms with E-state index in [1.54, 1.807) is 55.6 Å². The lowest BCUT2D eigenvalue weighted by molar-refractivity contribution is -0.114. The van der Waals surface area contributed by atoms with Crippen LogP contribution in [0.25, 0.3) is 0 Å². The minimum Gasteiger partial charge on any atom is -0.497 e. The van der Waals surface area contributed by atoms with Crippen LogP contribution in [0.1, 0.15) is 21.5 Å². The Morgan fingerprint density at radius 3 is 2.21 bits per heavy atom. The van der Waals surface area contributed by atoms with Crippen LogP contribution < -0.4 is 9.64 Å². The van der Waals surface area contributed by atoms with E-state index in [1.807, 2.05) is 30.3 Å². The SMILES string of the molecule is C#Cc1ccccc1N(Cc1ccccc1)C(=O)C(=O)c1ccc(OC)cc1. The number of ketones is 1. The Labute approximate surface area is 164 Å². The van der Waals surface area contributed by atoms with Crippen LogP contribution in [0.3, 0.4) is 0 Å². The molecule has 0 bridgehead atoms. The Morgan fingerprint density at radius 1 is 0.929 bits per heavy atom. The van der Waals surface area contributed by atoms with Gasteiger partial charge in [-0.3, -0.25) is 14.5 Å². The largest absolute Gasteiger partial charge is 0.497 e. The zero-order valence-corrected chi connectivity index (χ0v) is 15.5. The van der Waals surface area contributed by atoms with Crippen molar-refractivity contribution in [3.63, 3.8) is 0 Å². The molecule has 3 aromatic carbocycles. The number of carbonyl (C=O) groups excluding carboxylic acids is 2. The van der Waals surface area contributed by atoms with Crippen molar-refractivity contribution >= 4 is 17.4 Å². The molecule has 0 unspecified atom stereocenters. The third-order valence-corrected chi connectivity index (χ3v) is 4.33. The number of anilines is 1. The monoisotopic (exact) mass is 369 g/mol. The lowest BCUT2D eigenvalue weighted by Gasteiger charge is -2.23. The Bertz CT molecular complexity index is 1020. The summed E-state index contributed by atoms with van der Waals surface area (Å²) in [7, 11) is 1.54. The maximum Gasteiger partial charge on any atom is 0.299 e. The smallest absolute Gasteiger partial charge is 0.299 e. The molecule has 0 spiro atoms. The van der Waals surface area contributed by atoms with Crippen LogP contribution in [0.2, 0.25) is 0 Å². The lowest BCUT2D eigenvalue weighted by Crippen LogP contribution is -2.36. The molecule has 0 saturated heterocycles. The van der Waals surface area contributed by atoms with Crippen molar-refractivity contribution in [2.45, 2.75) is 6.54 Å². The molecule has 3 aromatic rings. The second-order valence-electron chi connectivity index (χ2n) is 6.10. The van der Waals surface area contributed by atoms with Gasteiger partial charge in [-0.25, -0.2) is 0 Å². The highest BCUT2D eigenvalue weighted by Crippen LogP contribution is 2.23. The van der Waals surface area contributed by atoms with Crippen LogP contribution in [0.4, 0.5) is 5.69 Å². The topological polar surface area (TPSA) is 46.6 Å². The van der Waals surface area contributed by atoms with Crippen LogP contribution in [0.15, 0.2) is 78.9 Å². The van der Waals surface area contributed by atoms with Gasteiger partial charge in [-0.1, -0.05) is 48.4 Å². The van der Waals surface area contributed by atoms with Crippen molar-refractivity contribution in [1.29, 1.82) is 0 Å². The molecule has 0 heterocycles. The first-order chi connectivity index (χ1) is 13.6. The summed E-state index contributed by atoms with van der Waals surface area (Å²) in [4.78, 5) is 27.4. The molecule has 0 aliphatic rings. The van der Waals surface area contributed by atoms with Crippen molar-refractivity contribution in [3.05, 3.63) is 95.6 Å². The molecule has 0 aliphatic heterocycles. The van der Waals surface area contributed by atoms with Crippen molar-refractivity contribution in [2.75, 3.05) is 12.0 Å². The molecule has 0 aliphatic carbocycles. The van der Waals surface area contributed by atoms with E-state index in [4.69, 9.17) is 11.2 Å². The van der Waals surface area contributed by atoms with Crippen molar-refractivity contribution in [1.82, 2.24) is 0 Å². The number of carbonyl (C=O) groups is 2. The summed E-state index contributed by atoms with van der Waals surface area (Å²) < 4.78 is 5.11. The van der Waals surface area contributed by atoms with Gasteiger partial charge < -0.3 is 4.74 Å². The molecule has 4 nitrogen and oxygen atoms in total. The molecular weight excluding hydrogens is 350 g/mol. The van der Waals surface area contributed by atoms with Gasteiger partial charge in [-0.05, 0) is 42.0 Å². The minimum absolute atomic E-state index is 0.236. The van der Waals surface area contributed by atoms with E-state index in [0.717, 1.165) is 5.56 Å². The van der Waals surface area contributed by atoms with Gasteiger partial charge in [0.1, 0.15) is 5.75 Å². The highest BCUT2D eigenvalue weighted by atomic mass is 16.5. The first-order valence-corrected chi connectivity index (χ1v) is 8.74. The van der Waals surface area contributed by atoms with Gasteiger partial charge in [0.25, 0.3) is 11.7 Å². The van der Waals surface area contributed by atoms with Crippen molar-refractivity contribution < 1.29 is 14.3 Å². The summed E-state index contributed by atoms with van der Waals surface area (Å²) in [5.41, 5.74) is 2.27.